The van der Waals surface area contributed by atoms with Crippen molar-refractivity contribution in [3.8, 4) is 11.1 Å². The van der Waals surface area contributed by atoms with Crippen molar-refractivity contribution in [1.82, 2.24) is 14.5 Å². The Bertz CT molecular complexity index is 1150. The molecule has 1 unspecified atom stereocenters. The molecule has 2 aliphatic carbocycles. The summed E-state index contributed by atoms with van der Waals surface area (Å²) in [6.07, 6.45) is 4.08. The van der Waals surface area contributed by atoms with Crippen LogP contribution < -0.4 is 0 Å². The molecule has 2 aliphatic rings. The summed E-state index contributed by atoms with van der Waals surface area (Å²) in [5.74, 6) is -1.16. The van der Waals surface area contributed by atoms with E-state index >= 15 is 0 Å². The number of hydrogen-bond acceptors (Lipinski definition) is 4. The number of carbonyl (C=O) groups excluding carboxylic acids is 1. The molecule has 1 amide bonds. The maximum Gasteiger partial charge on any atom is 0.411 e. The Morgan fingerprint density at radius 1 is 1.09 bits per heavy atom. The second kappa shape index (κ2) is 8.39. The first-order valence-corrected chi connectivity index (χ1v) is 11.3. The summed E-state index contributed by atoms with van der Waals surface area (Å²) in [6, 6.07) is 15.0. The van der Waals surface area contributed by atoms with Gasteiger partial charge in [-0.15, -0.1) is 0 Å². The molecule has 33 heavy (non-hydrogen) atoms. The fourth-order valence-corrected chi connectivity index (χ4v) is 4.83. The lowest BCUT2D eigenvalue weighted by atomic mass is 9.98. The molecule has 7 heteroatoms. The highest BCUT2D eigenvalue weighted by Crippen LogP contribution is 2.45. The van der Waals surface area contributed by atoms with Crippen molar-refractivity contribution in [2.75, 3.05) is 6.61 Å². The molecule has 0 aliphatic heterocycles. The number of benzene rings is 2. The third-order valence-corrected chi connectivity index (χ3v) is 6.53. The van der Waals surface area contributed by atoms with Gasteiger partial charge in [-0.1, -0.05) is 48.5 Å². The molecule has 1 atom stereocenters. The van der Waals surface area contributed by atoms with Crippen molar-refractivity contribution in [2.24, 2.45) is 0 Å². The molecule has 2 aromatic carbocycles. The fourth-order valence-electron chi connectivity index (χ4n) is 4.83. The molecule has 5 rings (SSSR count). The lowest BCUT2D eigenvalue weighted by Gasteiger charge is -2.30. The molecule has 1 heterocycles. The first-order valence-electron chi connectivity index (χ1n) is 11.3. The molecular weight excluding hydrogens is 418 g/mol. The zero-order chi connectivity index (χ0) is 23.1. The third-order valence-electron chi connectivity index (χ3n) is 6.53. The van der Waals surface area contributed by atoms with Gasteiger partial charge in [0.2, 0.25) is 0 Å². The molecule has 0 radical (unpaired) electrons. The van der Waals surface area contributed by atoms with Crippen LogP contribution in [0.2, 0.25) is 0 Å². The molecule has 0 saturated heterocycles. The van der Waals surface area contributed by atoms with E-state index in [-0.39, 0.29) is 24.6 Å². The third kappa shape index (κ3) is 3.77. The lowest BCUT2D eigenvalue weighted by molar-refractivity contribution is -0.143. The number of imidazole rings is 1. The van der Waals surface area contributed by atoms with E-state index in [9.17, 15) is 14.7 Å². The van der Waals surface area contributed by atoms with Crippen molar-refractivity contribution in [3.63, 3.8) is 0 Å². The number of carboxylic acid groups (broad SMARTS) is 1. The number of aromatic nitrogens is 2. The van der Waals surface area contributed by atoms with E-state index in [4.69, 9.17) is 4.74 Å². The molecule has 1 aromatic heterocycles. The lowest BCUT2D eigenvalue weighted by Crippen LogP contribution is -2.42. The molecule has 0 spiro atoms. The summed E-state index contributed by atoms with van der Waals surface area (Å²) in [7, 11) is 0. The molecule has 1 fully saturated rings. The van der Waals surface area contributed by atoms with Crippen LogP contribution in [0.15, 0.2) is 61.1 Å². The zero-order valence-electron chi connectivity index (χ0n) is 18.7. The van der Waals surface area contributed by atoms with E-state index in [1.54, 1.807) is 10.9 Å². The fraction of sp³-hybridized carbons (Fsp3) is 0.346. The van der Waals surface area contributed by atoms with E-state index in [1.165, 1.54) is 11.1 Å². The smallest absolute Gasteiger partial charge is 0.411 e. The predicted molar refractivity (Wildman–Crippen MR) is 123 cm³/mol. The highest BCUT2D eigenvalue weighted by atomic mass is 16.6. The van der Waals surface area contributed by atoms with Crippen LogP contribution in [0.3, 0.4) is 0 Å². The van der Waals surface area contributed by atoms with Gasteiger partial charge in [0, 0.05) is 18.0 Å². The highest BCUT2D eigenvalue weighted by Gasteiger charge is 2.44. The van der Waals surface area contributed by atoms with Crippen LogP contribution in [0.1, 0.15) is 61.5 Å². The minimum absolute atomic E-state index is 0.0212. The van der Waals surface area contributed by atoms with Crippen LogP contribution in [0.5, 0.6) is 0 Å². The Morgan fingerprint density at radius 2 is 1.70 bits per heavy atom. The SMILES string of the molecule is CC(C)n1cncc1C(C(=O)O)N(C(=O)OCC1c2ccccc2-c2ccccc21)C1CC1. The van der Waals surface area contributed by atoms with Gasteiger partial charge in [0.05, 0.1) is 18.2 Å². The standard InChI is InChI=1S/C26H27N3O4/c1-16(2)28-15-27-13-23(28)24(25(30)31)29(17-11-12-17)26(32)33-14-22-20-9-5-3-7-18(20)19-8-4-6-10-21(19)22/h3-10,13,15-17,22,24H,11-12,14H2,1-2H3,(H,30,31). The number of rotatable bonds is 7. The number of carbonyl (C=O) groups is 2. The Morgan fingerprint density at radius 3 is 2.24 bits per heavy atom. The van der Waals surface area contributed by atoms with Crippen molar-refractivity contribution >= 4 is 12.1 Å². The molecule has 170 valence electrons. The van der Waals surface area contributed by atoms with E-state index in [1.807, 2.05) is 38.1 Å². The number of amides is 1. The number of nitrogens with zero attached hydrogens (tertiary/aromatic N) is 3. The van der Waals surface area contributed by atoms with E-state index in [2.05, 4.69) is 29.2 Å². The number of ether oxygens (including phenoxy) is 1. The monoisotopic (exact) mass is 445 g/mol. The molecule has 3 aromatic rings. The van der Waals surface area contributed by atoms with Crippen LogP contribution >= 0.6 is 0 Å². The minimum atomic E-state index is -1.14. The van der Waals surface area contributed by atoms with Crippen molar-refractivity contribution < 1.29 is 19.4 Å². The van der Waals surface area contributed by atoms with Crippen molar-refractivity contribution in [3.05, 3.63) is 77.9 Å². The van der Waals surface area contributed by atoms with Gasteiger partial charge in [0.15, 0.2) is 6.04 Å². The van der Waals surface area contributed by atoms with Gasteiger partial charge in [-0.25, -0.2) is 14.6 Å². The zero-order valence-corrected chi connectivity index (χ0v) is 18.7. The van der Waals surface area contributed by atoms with Crippen molar-refractivity contribution in [1.29, 1.82) is 0 Å². The normalized spacial score (nSPS) is 15.7. The summed E-state index contributed by atoms with van der Waals surface area (Å²) in [6.45, 7) is 4.07. The van der Waals surface area contributed by atoms with Gasteiger partial charge in [-0.05, 0) is 48.9 Å². The molecule has 1 N–H and O–H groups in total. The van der Waals surface area contributed by atoms with Crippen LogP contribution in [0, 0.1) is 0 Å². The molecule has 7 nitrogen and oxygen atoms in total. The minimum Gasteiger partial charge on any atom is -0.479 e. The Balaban J connectivity index is 1.41. The van der Waals surface area contributed by atoms with E-state index < -0.39 is 18.1 Å². The van der Waals surface area contributed by atoms with Gasteiger partial charge in [0.25, 0.3) is 0 Å². The maximum atomic E-state index is 13.3. The highest BCUT2D eigenvalue weighted by molar-refractivity contribution is 5.82. The number of hydrogen-bond donors (Lipinski definition) is 1. The van der Waals surface area contributed by atoms with Crippen LogP contribution in [-0.2, 0) is 9.53 Å². The Labute approximate surface area is 192 Å². The van der Waals surface area contributed by atoms with Crippen LogP contribution in [0.4, 0.5) is 4.79 Å². The average molecular weight is 446 g/mol. The Kier molecular flexibility index (Phi) is 5.40. The quantitative estimate of drug-likeness (QED) is 0.553. The van der Waals surface area contributed by atoms with E-state index in [0.29, 0.717) is 5.69 Å². The first-order chi connectivity index (χ1) is 16.0. The first kappa shape index (κ1) is 21.2. The molecular formula is C26H27N3O4. The number of carboxylic acids is 1. The number of fused-ring (bicyclic) bond motifs is 3. The van der Waals surface area contributed by atoms with E-state index in [0.717, 1.165) is 35.1 Å². The van der Waals surface area contributed by atoms with Gasteiger partial charge in [-0.3, -0.25) is 4.90 Å². The van der Waals surface area contributed by atoms with Gasteiger partial charge < -0.3 is 14.4 Å². The summed E-state index contributed by atoms with van der Waals surface area (Å²) < 4.78 is 7.62. The summed E-state index contributed by atoms with van der Waals surface area (Å²) in [4.78, 5) is 31.2. The molecule has 1 saturated carbocycles. The largest absolute Gasteiger partial charge is 0.479 e. The topological polar surface area (TPSA) is 84.7 Å². The van der Waals surface area contributed by atoms with Gasteiger partial charge in [-0.2, -0.15) is 0 Å². The number of aliphatic carboxylic acids is 1. The summed E-state index contributed by atoms with van der Waals surface area (Å²) in [5, 5.41) is 10.1. The van der Waals surface area contributed by atoms with Crippen LogP contribution in [-0.4, -0.2) is 44.3 Å². The second-order valence-corrected chi connectivity index (χ2v) is 9.00. The van der Waals surface area contributed by atoms with Crippen molar-refractivity contribution in [2.45, 2.75) is 50.7 Å². The second-order valence-electron chi connectivity index (χ2n) is 9.00. The summed E-state index contributed by atoms with van der Waals surface area (Å²) in [5.41, 5.74) is 5.03. The van der Waals surface area contributed by atoms with Gasteiger partial charge in [0.1, 0.15) is 6.61 Å². The Hall–Kier alpha value is -3.61. The predicted octanol–water partition coefficient (Wildman–Crippen LogP) is 5.00. The van der Waals surface area contributed by atoms with Crippen LogP contribution in [0.25, 0.3) is 11.1 Å². The maximum absolute atomic E-state index is 13.3. The summed E-state index contributed by atoms with van der Waals surface area (Å²) >= 11 is 0. The molecule has 0 bridgehead atoms. The average Bonchev–Trinajstić information content (AvgIpc) is 3.43. The van der Waals surface area contributed by atoms with Gasteiger partial charge >= 0.3 is 12.1 Å².